The standard InChI is InChI=1S/C26H16ClF3N4O6S/c1-3-41-25(31-14-16-5-4-6-17(12-16)26(28,29)30)32(23(35)19-11-15(2)7-9-21(19)33(37)38)24(36)20-13-18(27)8-10-22(20)34(39)40/h1,4-13H,14H2,2H3. The number of halogens is 4. The molecule has 0 atom stereocenters. The first kappa shape index (κ1) is 30.8. The highest BCUT2D eigenvalue weighted by molar-refractivity contribution is 8.17. The van der Waals surface area contributed by atoms with Crippen LogP contribution in [-0.4, -0.2) is 31.7 Å². The SMILES string of the molecule is C#CSC(=NCc1cccc(C(F)(F)F)c1)N(C(=O)c1cc(C)ccc1[N+](=O)[O-])C(=O)c1cc(Cl)ccc1[N+](=O)[O-]. The summed E-state index contributed by atoms with van der Waals surface area (Å²) < 4.78 is 39.6. The molecule has 2 amide bonds. The van der Waals surface area contributed by atoms with E-state index in [9.17, 15) is 43.0 Å². The van der Waals surface area contributed by atoms with Gasteiger partial charge in [0.05, 0.1) is 22.0 Å². The molecule has 41 heavy (non-hydrogen) atoms. The van der Waals surface area contributed by atoms with Crippen LogP contribution in [-0.2, 0) is 12.7 Å². The van der Waals surface area contributed by atoms with Crippen LogP contribution in [0.3, 0.4) is 0 Å². The molecule has 3 aromatic rings. The molecule has 0 heterocycles. The van der Waals surface area contributed by atoms with Gasteiger partial charge in [0.1, 0.15) is 11.1 Å². The van der Waals surface area contributed by atoms with Gasteiger partial charge in [0.25, 0.3) is 23.2 Å². The molecule has 0 saturated carbocycles. The summed E-state index contributed by atoms with van der Waals surface area (Å²) >= 11 is 6.32. The minimum atomic E-state index is -4.66. The van der Waals surface area contributed by atoms with Gasteiger partial charge in [-0.2, -0.15) is 13.2 Å². The molecule has 0 aliphatic carbocycles. The van der Waals surface area contributed by atoms with Crippen molar-refractivity contribution in [1.82, 2.24) is 4.90 Å². The Balaban J connectivity index is 2.25. The van der Waals surface area contributed by atoms with Crippen molar-refractivity contribution in [3.63, 3.8) is 0 Å². The van der Waals surface area contributed by atoms with Crippen LogP contribution in [0, 0.1) is 38.8 Å². The molecule has 0 bridgehead atoms. The predicted octanol–water partition coefficient (Wildman–Crippen LogP) is 6.65. The van der Waals surface area contributed by atoms with E-state index >= 15 is 0 Å². The number of hydrogen-bond donors (Lipinski definition) is 0. The number of imide groups is 1. The molecule has 0 unspecified atom stereocenters. The van der Waals surface area contributed by atoms with E-state index in [1.54, 1.807) is 0 Å². The van der Waals surface area contributed by atoms with Crippen LogP contribution in [0.25, 0.3) is 0 Å². The second kappa shape index (κ2) is 12.6. The molecule has 0 aromatic heterocycles. The van der Waals surface area contributed by atoms with E-state index in [0.717, 1.165) is 48.5 Å². The van der Waals surface area contributed by atoms with Gasteiger partial charge in [-0.05, 0) is 53.6 Å². The molecule has 0 spiro atoms. The maximum Gasteiger partial charge on any atom is 0.416 e. The number of carbonyl (C=O) groups excluding carboxylic acids is 2. The normalized spacial score (nSPS) is 11.5. The number of rotatable bonds is 6. The van der Waals surface area contributed by atoms with E-state index in [2.05, 4.69) is 10.2 Å². The molecule has 3 rings (SSSR count). The third-order valence-electron chi connectivity index (χ3n) is 5.36. The second-order valence-electron chi connectivity index (χ2n) is 8.16. The summed E-state index contributed by atoms with van der Waals surface area (Å²) in [7, 11) is 0. The number of hydrogen-bond acceptors (Lipinski definition) is 8. The lowest BCUT2D eigenvalue weighted by Crippen LogP contribution is -2.41. The van der Waals surface area contributed by atoms with Crippen molar-refractivity contribution in [2.45, 2.75) is 19.6 Å². The molecular weight excluding hydrogens is 589 g/mol. The first-order valence-corrected chi connectivity index (χ1v) is 12.3. The van der Waals surface area contributed by atoms with Gasteiger partial charge in [-0.25, -0.2) is 4.90 Å². The molecule has 3 aromatic carbocycles. The monoisotopic (exact) mass is 604 g/mol. The van der Waals surface area contributed by atoms with Crippen molar-refractivity contribution in [3.8, 4) is 11.7 Å². The largest absolute Gasteiger partial charge is 0.416 e. The lowest BCUT2D eigenvalue weighted by molar-refractivity contribution is -0.385. The number of carbonyl (C=O) groups is 2. The summed E-state index contributed by atoms with van der Waals surface area (Å²) in [6, 6.07) is 10.5. The van der Waals surface area contributed by atoms with Crippen LogP contribution >= 0.6 is 23.4 Å². The second-order valence-corrected chi connectivity index (χ2v) is 9.40. The third-order valence-corrected chi connectivity index (χ3v) is 6.21. The first-order chi connectivity index (χ1) is 19.2. The van der Waals surface area contributed by atoms with E-state index in [-0.39, 0.29) is 10.6 Å². The molecule has 0 radical (unpaired) electrons. The predicted molar refractivity (Wildman–Crippen MR) is 145 cm³/mol. The quantitative estimate of drug-likeness (QED) is 0.0767. The maximum atomic E-state index is 13.8. The van der Waals surface area contributed by atoms with Gasteiger partial charge in [0.15, 0.2) is 5.17 Å². The lowest BCUT2D eigenvalue weighted by atomic mass is 10.1. The van der Waals surface area contributed by atoms with Crippen LogP contribution in [0.4, 0.5) is 24.5 Å². The van der Waals surface area contributed by atoms with Crippen molar-refractivity contribution < 1.29 is 32.6 Å². The summed E-state index contributed by atoms with van der Waals surface area (Å²) in [5.74, 6) is -2.67. The Labute approximate surface area is 239 Å². The van der Waals surface area contributed by atoms with Crippen LogP contribution < -0.4 is 0 Å². The minimum Gasteiger partial charge on any atom is -0.268 e. The van der Waals surface area contributed by atoms with Crippen molar-refractivity contribution in [1.29, 1.82) is 0 Å². The van der Waals surface area contributed by atoms with E-state index < -0.39 is 67.6 Å². The Morgan fingerprint density at radius 2 is 1.59 bits per heavy atom. The number of terminal acetylenes is 1. The van der Waals surface area contributed by atoms with Crippen molar-refractivity contribution in [2.75, 3.05) is 0 Å². The molecule has 210 valence electrons. The summed E-state index contributed by atoms with van der Waals surface area (Å²) in [6.07, 6.45) is 0.733. The Morgan fingerprint density at radius 1 is 1.00 bits per heavy atom. The summed E-state index contributed by atoms with van der Waals surface area (Å²) in [5, 5.41) is 24.8. The summed E-state index contributed by atoms with van der Waals surface area (Å²) in [6.45, 7) is 1.01. The number of aliphatic imine (C=N–C) groups is 1. The summed E-state index contributed by atoms with van der Waals surface area (Å²) in [4.78, 5) is 53.5. The summed E-state index contributed by atoms with van der Waals surface area (Å²) in [5.41, 5.74) is -3.25. The number of benzene rings is 3. The Kier molecular flexibility index (Phi) is 9.48. The molecule has 0 N–H and O–H groups in total. The first-order valence-electron chi connectivity index (χ1n) is 11.2. The fourth-order valence-corrected chi connectivity index (χ4v) is 4.20. The van der Waals surface area contributed by atoms with E-state index in [4.69, 9.17) is 18.0 Å². The number of amidine groups is 1. The smallest absolute Gasteiger partial charge is 0.268 e. The van der Waals surface area contributed by atoms with Gasteiger partial charge in [-0.15, -0.1) is 6.42 Å². The minimum absolute atomic E-state index is 0.0186. The Hall–Kier alpha value is -4.74. The van der Waals surface area contributed by atoms with Gasteiger partial charge in [-0.1, -0.05) is 29.8 Å². The molecule has 0 fully saturated rings. The third kappa shape index (κ3) is 7.27. The molecule has 15 heteroatoms. The molecular formula is C26H16ClF3N4O6S. The molecule has 0 aliphatic heterocycles. The Bertz CT molecular complexity index is 1560. The van der Waals surface area contributed by atoms with Crippen LogP contribution in [0.1, 0.15) is 37.4 Å². The highest BCUT2D eigenvalue weighted by Crippen LogP contribution is 2.31. The van der Waals surface area contributed by atoms with Gasteiger partial charge in [-0.3, -0.25) is 34.8 Å². The number of nitro groups is 2. The van der Waals surface area contributed by atoms with Crippen LogP contribution in [0.2, 0.25) is 5.02 Å². The van der Waals surface area contributed by atoms with Crippen molar-refractivity contribution >= 4 is 51.7 Å². The van der Waals surface area contributed by atoms with E-state index in [1.807, 2.05) is 0 Å². The highest BCUT2D eigenvalue weighted by Gasteiger charge is 2.36. The maximum absolute atomic E-state index is 13.8. The number of alkyl halides is 3. The number of thioether (sulfide) groups is 1. The van der Waals surface area contributed by atoms with Gasteiger partial charge < -0.3 is 0 Å². The lowest BCUT2D eigenvalue weighted by Gasteiger charge is -2.21. The average Bonchev–Trinajstić information content (AvgIpc) is 2.90. The fraction of sp³-hybridized carbons (Fsp3) is 0.115. The number of amides is 2. The van der Waals surface area contributed by atoms with Crippen LogP contribution in [0.5, 0.6) is 0 Å². The zero-order valence-electron chi connectivity index (χ0n) is 20.7. The molecule has 0 aliphatic rings. The number of nitro benzene ring substituents is 2. The highest BCUT2D eigenvalue weighted by atomic mass is 35.5. The Morgan fingerprint density at radius 3 is 2.15 bits per heavy atom. The zero-order valence-corrected chi connectivity index (χ0v) is 22.3. The van der Waals surface area contributed by atoms with Crippen molar-refractivity contribution in [2.24, 2.45) is 4.99 Å². The molecule has 10 nitrogen and oxygen atoms in total. The number of nitrogens with zero attached hydrogens (tertiary/aromatic N) is 4. The van der Waals surface area contributed by atoms with Gasteiger partial charge in [0.2, 0.25) is 0 Å². The van der Waals surface area contributed by atoms with Gasteiger partial charge in [0, 0.05) is 28.9 Å². The number of aryl methyl sites for hydroxylation is 1. The average molecular weight is 605 g/mol. The molecule has 0 saturated heterocycles. The topological polar surface area (TPSA) is 136 Å². The van der Waals surface area contributed by atoms with Gasteiger partial charge >= 0.3 is 6.18 Å². The zero-order chi connectivity index (χ0) is 30.5. The van der Waals surface area contributed by atoms with E-state index in [0.29, 0.717) is 22.2 Å². The van der Waals surface area contributed by atoms with Crippen molar-refractivity contribution in [3.05, 3.63) is 114 Å². The fourth-order valence-electron chi connectivity index (χ4n) is 3.53. The van der Waals surface area contributed by atoms with Crippen LogP contribution in [0.15, 0.2) is 65.7 Å². The van der Waals surface area contributed by atoms with E-state index in [1.165, 1.54) is 19.1 Å².